The normalized spacial score (nSPS) is 22.1. The first-order valence-corrected chi connectivity index (χ1v) is 8.13. The van der Waals surface area contributed by atoms with E-state index in [1.165, 1.54) is 12.0 Å². The molecule has 2 aliphatic heterocycles. The van der Waals surface area contributed by atoms with E-state index in [9.17, 15) is 24.3 Å². The van der Waals surface area contributed by atoms with E-state index >= 15 is 0 Å². The second-order valence-electron chi connectivity index (χ2n) is 6.21. The number of β-lactam (4-membered cyclic amide) rings is 1. The fraction of sp³-hybridized carbons (Fsp3) is 0.600. The number of likely N-dealkylation sites (tertiary alicyclic amines) is 2. The molecule has 0 aromatic carbocycles. The highest BCUT2D eigenvalue weighted by Gasteiger charge is 2.56. The number of carbonyl (C=O) groups is 4. The predicted molar refractivity (Wildman–Crippen MR) is 88.6 cm³/mol. The van der Waals surface area contributed by atoms with E-state index in [0.29, 0.717) is 25.2 Å². The van der Waals surface area contributed by atoms with E-state index in [0.717, 1.165) is 4.90 Å². The molecule has 0 aliphatic carbocycles. The number of alkyl carbamates (subject to hydrolysis) is 1. The molecule has 11 nitrogen and oxygen atoms in total. The number of methoxy groups -OCH3 is 1. The van der Waals surface area contributed by atoms with Crippen LogP contribution in [0.15, 0.2) is 12.4 Å². The molecule has 2 saturated heterocycles. The van der Waals surface area contributed by atoms with Gasteiger partial charge in [0.25, 0.3) is 0 Å². The first-order valence-electron chi connectivity index (χ1n) is 8.13. The molecule has 0 aromatic rings. The Morgan fingerprint density at radius 3 is 2.58 bits per heavy atom. The number of imide groups is 1. The number of nitrogens with one attached hydrogen (secondary N) is 2. The molecule has 2 heterocycles. The van der Waals surface area contributed by atoms with E-state index < -0.39 is 36.0 Å². The lowest BCUT2D eigenvalue weighted by atomic mass is 9.83. The van der Waals surface area contributed by atoms with Crippen LogP contribution in [0.25, 0.3) is 0 Å². The minimum Gasteiger partial charge on any atom is -0.480 e. The highest BCUT2D eigenvalue weighted by atomic mass is 16.5. The second-order valence-corrected chi connectivity index (χ2v) is 6.21. The number of nitrogens with zero attached hydrogens (tertiary/aromatic N) is 2. The van der Waals surface area contributed by atoms with Crippen LogP contribution in [0.2, 0.25) is 0 Å². The van der Waals surface area contributed by atoms with Gasteiger partial charge in [-0.3, -0.25) is 4.79 Å². The van der Waals surface area contributed by atoms with Crippen molar-refractivity contribution in [2.45, 2.75) is 24.9 Å². The number of rotatable bonds is 7. The van der Waals surface area contributed by atoms with Crippen LogP contribution in [0.3, 0.4) is 0 Å². The molecule has 2 aliphatic rings. The Labute approximate surface area is 150 Å². The Balaban J connectivity index is 1.86. The van der Waals surface area contributed by atoms with Crippen LogP contribution < -0.4 is 16.4 Å². The number of urea groups is 1. The molecule has 0 radical (unpaired) electrons. The average Bonchev–Trinajstić information content (AvgIpc) is 2.53. The third-order valence-electron chi connectivity index (χ3n) is 4.38. The molecule has 2 atom stereocenters. The zero-order valence-electron chi connectivity index (χ0n) is 14.4. The molecule has 144 valence electrons. The maximum absolute atomic E-state index is 12.4. The molecule has 4 amide bonds. The monoisotopic (exact) mass is 369 g/mol. The number of carboxylic acids is 1. The zero-order chi connectivity index (χ0) is 19.4. The van der Waals surface area contributed by atoms with Crippen molar-refractivity contribution < 1.29 is 29.0 Å². The van der Waals surface area contributed by atoms with Crippen molar-refractivity contribution in [3.63, 3.8) is 0 Å². The van der Waals surface area contributed by atoms with E-state index in [2.05, 4.69) is 21.9 Å². The average molecular weight is 369 g/mol. The van der Waals surface area contributed by atoms with Gasteiger partial charge in [0.15, 0.2) is 6.04 Å². The summed E-state index contributed by atoms with van der Waals surface area (Å²) in [4.78, 5) is 49.3. The highest BCUT2D eigenvalue weighted by Crippen LogP contribution is 2.32. The van der Waals surface area contributed by atoms with Crippen LogP contribution in [-0.2, 0) is 14.3 Å². The number of ether oxygens (including phenoxy) is 1. The topological polar surface area (TPSA) is 154 Å². The van der Waals surface area contributed by atoms with Crippen molar-refractivity contribution in [1.29, 1.82) is 0 Å². The first-order chi connectivity index (χ1) is 12.3. The molecule has 11 heteroatoms. The number of aliphatic carboxylic acids is 1. The van der Waals surface area contributed by atoms with E-state index in [1.54, 1.807) is 0 Å². The molecular weight excluding hydrogens is 346 g/mol. The Morgan fingerprint density at radius 1 is 1.38 bits per heavy atom. The predicted octanol–water partition coefficient (Wildman–Crippen LogP) is -1.14. The lowest BCUT2D eigenvalue weighted by Gasteiger charge is -2.48. The van der Waals surface area contributed by atoms with Gasteiger partial charge in [0, 0.05) is 19.6 Å². The molecule has 2 fully saturated rings. The fourth-order valence-corrected chi connectivity index (χ4v) is 3.00. The second kappa shape index (κ2) is 7.93. The number of carboxylic acid groups (broad SMARTS) is 1. The maximum atomic E-state index is 12.4. The Kier molecular flexibility index (Phi) is 5.90. The van der Waals surface area contributed by atoms with Crippen molar-refractivity contribution in [3.05, 3.63) is 12.4 Å². The standard InChI is InChI=1S/C15H23N5O6/c1-8(16)17-5-3-4-10-11(13(22)23)20(12(10)21)15(25)19-6-9(7-19)18-14(24)26-2/h9-11,17H,1,3-7,16H2,2H3,(H,18,24)(H,22,23). The lowest BCUT2D eigenvalue weighted by molar-refractivity contribution is -0.167. The van der Waals surface area contributed by atoms with Gasteiger partial charge in [-0.2, -0.15) is 0 Å². The summed E-state index contributed by atoms with van der Waals surface area (Å²) in [6.45, 7) is 4.33. The van der Waals surface area contributed by atoms with Crippen LogP contribution in [0, 0.1) is 5.92 Å². The van der Waals surface area contributed by atoms with E-state index in [4.69, 9.17) is 5.73 Å². The molecule has 0 bridgehead atoms. The maximum Gasteiger partial charge on any atom is 0.407 e. The van der Waals surface area contributed by atoms with Crippen molar-refractivity contribution in [2.24, 2.45) is 11.7 Å². The smallest absolute Gasteiger partial charge is 0.407 e. The van der Waals surface area contributed by atoms with Gasteiger partial charge in [0.1, 0.15) is 0 Å². The Morgan fingerprint density at radius 2 is 2.04 bits per heavy atom. The minimum absolute atomic E-state index is 0.192. The summed E-state index contributed by atoms with van der Waals surface area (Å²) in [5, 5.41) is 14.7. The summed E-state index contributed by atoms with van der Waals surface area (Å²) < 4.78 is 4.46. The molecule has 2 unspecified atom stereocenters. The van der Waals surface area contributed by atoms with Crippen molar-refractivity contribution in [2.75, 3.05) is 26.7 Å². The molecule has 0 spiro atoms. The van der Waals surface area contributed by atoms with Gasteiger partial charge < -0.3 is 31.1 Å². The number of hydrogen-bond acceptors (Lipinski definition) is 7. The van der Waals surface area contributed by atoms with Gasteiger partial charge in [0.2, 0.25) is 5.91 Å². The molecule has 0 saturated carbocycles. The van der Waals surface area contributed by atoms with Crippen LogP contribution in [0.5, 0.6) is 0 Å². The lowest BCUT2D eigenvalue weighted by Crippen LogP contribution is -2.72. The van der Waals surface area contributed by atoms with Gasteiger partial charge in [-0.05, 0) is 12.8 Å². The van der Waals surface area contributed by atoms with Crippen LogP contribution >= 0.6 is 0 Å². The first kappa shape index (κ1) is 19.3. The SMILES string of the molecule is C=C(N)NCCCC1C(=O)N(C(=O)N2CC(NC(=O)OC)C2)C1C(=O)O. The third kappa shape index (κ3) is 3.98. The number of nitrogens with two attached hydrogens (primary N) is 1. The van der Waals surface area contributed by atoms with Gasteiger partial charge in [-0.25, -0.2) is 19.3 Å². The van der Waals surface area contributed by atoms with Gasteiger partial charge >= 0.3 is 18.1 Å². The van der Waals surface area contributed by atoms with Gasteiger partial charge in [-0.15, -0.1) is 0 Å². The summed E-state index contributed by atoms with van der Waals surface area (Å²) in [5.74, 6) is -2.17. The van der Waals surface area contributed by atoms with Gasteiger partial charge in [0.05, 0.1) is 24.9 Å². The van der Waals surface area contributed by atoms with E-state index in [1.807, 2.05) is 0 Å². The summed E-state index contributed by atoms with van der Waals surface area (Å²) in [6, 6.07) is -2.11. The van der Waals surface area contributed by atoms with Gasteiger partial charge in [-0.1, -0.05) is 6.58 Å². The number of carbonyl (C=O) groups excluding carboxylic acids is 3. The van der Waals surface area contributed by atoms with Crippen LogP contribution in [0.1, 0.15) is 12.8 Å². The summed E-state index contributed by atoms with van der Waals surface area (Å²) in [6.07, 6.45) is 0.235. The van der Waals surface area contributed by atoms with Crippen LogP contribution in [-0.4, -0.2) is 77.7 Å². The Hall–Kier alpha value is -2.98. The minimum atomic E-state index is -1.22. The largest absolute Gasteiger partial charge is 0.480 e. The summed E-state index contributed by atoms with van der Waals surface area (Å²) in [7, 11) is 1.23. The Bertz CT molecular complexity index is 618. The van der Waals surface area contributed by atoms with Crippen molar-refractivity contribution in [3.8, 4) is 0 Å². The number of amides is 4. The summed E-state index contributed by atoms with van der Waals surface area (Å²) >= 11 is 0. The molecule has 0 aromatic heterocycles. The van der Waals surface area contributed by atoms with E-state index in [-0.39, 0.29) is 19.1 Å². The quantitative estimate of drug-likeness (QED) is 0.324. The fourth-order valence-electron chi connectivity index (χ4n) is 3.00. The molecule has 26 heavy (non-hydrogen) atoms. The van der Waals surface area contributed by atoms with Crippen molar-refractivity contribution in [1.82, 2.24) is 20.4 Å². The van der Waals surface area contributed by atoms with Crippen LogP contribution in [0.4, 0.5) is 9.59 Å². The molecular formula is C15H23N5O6. The molecule has 5 N–H and O–H groups in total. The highest BCUT2D eigenvalue weighted by molar-refractivity contribution is 6.07. The zero-order valence-corrected chi connectivity index (χ0v) is 14.4. The molecule has 2 rings (SSSR count). The van der Waals surface area contributed by atoms with Crippen molar-refractivity contribution >= 4 is 24.0 Å². The number of hydrogen-bond donors (Lipinski definition) is 4. The summed E-state index contributed by atoms with van der Waals surface area (Å²) in [5.41, 5.74) is 5.37. The third-order valence-corrected chi connectivity index (χ3v) is 4.38.